The van der Waals surface area contributed by atoms with Crippen LogP contribution in [0.5, 0.6) is 5.75 Å². The summed E-state index contributed by atoms with van der Waals surface area (Å²) in [5.74, 6) is 0.861. The number of nitrogens with one attached hydrogen (secondary N) is 1. The first-order valence-electron chi connectivity index (χ1n) is 9.62. The van der Waals surface area contributed by atoms with Crippen LogP contribution in [0.3, 0.4) is 0 Å². The average molecular weight is 367 g/mol. The van der Waals surface area contributed by atoms with Gasteiger partial charge in [-0.05, 0) is 49.6 Å². The minimum Gasteiger partial charge on any atom is -0.497 e. The van der Waals surface area contributed by atoms with Gasteiger partial charge < -0.3 is 15.0 Å². The Morgan fingerprint density at radius 2 is 1.93 bits per heavy atom. The van der Waals surface area contributed by atoms with Crippen LogP contribution < -0.4 is 10.1 Å². The highest BCUT2D eigenvalue weighted by molar-refractivity contribution is 5.74. The maximum Gasteiger partial charge on any atom is 0.317 e. The van der Waals surface area contributed by atoms with E-state index in [2.05, 4.69) is 22.4 Å². The molecule has 0 radical (unpaired) electrons. The number of rotatable bonds is 6. The Balaban J connectivity index is 1.67. The van der Waals surface area contributed by atoms with Crippen LogP contribution in [0.25, 0.3) is 0 Å². The molecule has 1 atom stereocenters. The third kappa shape index (κ3) is 4.24. The van der Waals surface area contributed by atoms with Crippen molar-refractivity contribution < 1.29 is 9.53 Å². The SMILES string of the molecule is COc1ccc(C2(CNC(=O)N(C)[C@@H](C)c3ccccn3)CCCC2)cc1. The van der Waals surface area contributed by atoms with E-state index < -0.39 is 0 Å². The normalized spacial score (nSPS) is 16.6. The lowest BCUT2D eigenvalue weighted by Gasteiger charge is -2.32. The van der Waals surface area contributed by atoms with Crippen molar-refractivity contribution in [2.75, 3.05) is 20.7 Å². The predicted octanol–water partition coefficient (Wildman–Crippen LogP) is 4.30. The molecular formula is C22H29N3O2. The third-order valence-electron chi connectivity index (χ3n) is 5.86. The molecule has 3 rings (SSSR count). The Labute approximate surface area is 161 Å². The topological polar surface area (TPSA) is 54.5 Å². The van der Waals surface area contributed by atoms with Gasteiger partial charge in [0.2, 0.25) is 0 Å². The minimum absolute atomic E-state index is 0.0109. The highest BCUT2D eigenvalue weighted by Gasteiger charge is 2.36. The van der Waals surface area contributed by atoms with Gasteiger partial charge in [-0.25, -0.2) is 4.79 Å². The lowest BCUT2D eigenvalue weighted by molar-refractivity contribution is 0.190. The molecule has 1 aromatic carbocycles. The summed E-state index contributed by atoms with van der Waals surface area (Å²) < 4.78 is 5.28. The van der Waals surface area contributed by atoms with Gasteiger partial charge in [0, 0.05) is 25.2 Å². The highest BCUT2D eigenvalue weighted by atomic mass is 16.5. The summed E-state index contributed by atoms with van der Waals surface area (Å²) in [6.07, 6.45) is 6.34. The van der Waals surface area contributed by atoms with Crippen LogP contribution in [0, 0.1) is 0 Å². The number of hydrogen-bond acceptors (Lipinski definition) is 3. The predicted molar refractivity (Wildman–Crippen MR) is 107 cm³/mol. The van der Waals surface area contributed by atoms with Gasteiger partial charge in [-0.15, -0.1) is 0 Å². The Morgan fingerprint density at radius 1 is 1.22 bits per heavy atom. The standard InChI is InChI=1S/C22H29N3O2/c1-17(20-8-4-7-15-23-20)25(2)21(26)24-16-22(13-5-6-14-22)18-9-11-19(27-3)12-10-18/h4,7-12,15,17H,5-6,13-14,16H2,1-3H3,(H,24,26)/t17-/m0/s1. The molecule has 1 N–H and O–H groups in total. The summed E-state index contributed by atoms with van der Waals surface area (Å²) in [7, 11) is 3.50. The van der Waals surface area contributed by atoms with Gasteiger partial charge >= 0.3 is 6.03 Å². The zero-order chi connectivity index (χ0) is 19.3. The van der Waals surface area contributed by atoms with Crippen molar-refractivity contribution in [3.8, 4) is 5.75 Å². The lowest BCUT2D eigenvalue weighted by Crippen LogP contribution is -2.45. The fourth-order valence-corrected chi connectivity index (χ4v) is 3.93. The van der Waals surface area contributed by atoms with Gasteiger partial charge in [0.1, 0.15) is 5.75 Å². The first-order valence-corrected chi connectivity index (χ1v) is 9.62. The summed E-state index contributed by atoms with van der Waals surface area (Å²) in [5.41, 5.74) is 2.18. The third-order valence-corrected chi connectivity index (χ3v) is 5.86. The van der Waals surface area contributed by atoms with E-state index in [0.717, 1.165) is 24.3 Å². The maximum atomic E-state index is 12.8. The van der Waals surface area contributed by atoms with Crippen molar-refractivity contribution in [2.24, 2.45) is 0 Å². The number of urea groups is 1. The van der Waals surface area contributed by atoms with Crippen molar-refractivity contribution in [1.29, 1.82) is 0 Å². The molecule has 5 nitrogen and oxygen atoms in total. The van der Waals surface area contributed by atoms with Crippen molar-refractivity contribution >= 4 is 6.03 Å². The first kappa shape index (κ1) is 19.2. The fourth-order valence-electron chi connectivity index (χ4n) is 3.93. The molecule has 0 aliphatic heterocycles. The number of hydrogen-bond donors (Lipinski definition) is 1. The van der Waals surface area contributed by atoms with E-state index in [-0.39, 0.29) is 17.5 Å². The summed E-state index contributed by atoms with van der Waals surface area (Å²) >= 11 is 0. The number of methoxy groups -OCH3 is 1. The maximum absolute atomic E-state index is 12.8. The Bertz CT molecular complexity index is 740. The van der Waals surface area contributed by atoms with E-state index >= 15 is 0 Å². The molecular weight excluding hydrogens is 338 g/mol. The Hall–Kier alpha value is -2.56. The number of carbonyl (C=O) groups is 1. The first-order chi connectivity index (χ1) is 13.1. The zero-order valence-electron chi connectivity index (χ0n) is 16.4. The summed E-state index contributed by atoms with van der Waals surface area (Å²) in [6, 6.07) is 13.9. The lowest BCUT2D eigenvalue weighted by atomic mass is 9.79. The highest BCUT2D eigenvalue weighted by Crippen LogP contribution is 2.41. The van der Waals surface area contributed by atoms with Gasteiger partial charge in [-0.3, -0.25) is 4.98 Å². The van der Waals surface area contributed by atoms with E-state index in [1.807, 2.05) is 44.3 Å². The summed E-state index contributed by atoms with van der Waals surface area (Å²) in [5, 5.41) is 3.17. The van der Waals surface area contributed by atoms with Gasteiger partial charge in [0.15, 0.2) is 0 Å². The molecule has 1 aliphatic rings. The fraction of sp³-hybridized carbons (Fsp3) is 0.455. The molecule has 27 heavy (non-hydrogen) atoms. The van der Waals surface area contributed by atoms with E-state index in [1.165, 1.54) is 18.4 Å². The van der Waals surface area contributed by atoms with Crippen LogP contribution in [-0.4, -0.2) is 36.6 Å². The molecule has 5 heteroatoms. The van der Waals surface area contributed by atoms with Crippen LogP contribution in [-0.2, 0) is 5.41 Å². The Kier molecular flexibility index (Phi) is 5.99. The number of pyridine rings is 1. The van der Waals surface area contributed by atoms with Crippen molar-refractivity contribution in [1.82, 2.24) is 15.2 Å². The molecule has 1 saturated carbocycles. The molecule has 0 bridgehead atoms. The Morgan fingerprint density at radius 3 is 2.52 bits per heavy atom. The summed E-state index contributed by atoms with van der Waals surface area (Å²) in [4.78, 5) is 18.8. The quantitative estimate of drug-likeness (QED) is 0.828. The number of carbonyl (C=O) groups excluding carboxylic acids is 1. The van der Waals surface area contributed by atoms with Crippen LogP contribution >= 0.6 is 0 Å². The molecule has 144 valence electrons. The van der Waals surface area contributed by atoms with E-state index in [0.29, 0.717) is 6.54 Å². The number of nitrogens with zero attached hydrogens (tertiary/aromatic N) is 2. The van der Waals surface area contributed by atoms with E-state index in [9.17, 15) is 4.79 Å². The van der Waals surface area contributed by atoms with E-state index in [4.69, 9.17) is 4.74 Å². The molecule has 0 spiro atoms. The number of amides is 2. The molecule has 1 aliphatic carbocycles. The van der Waals surface area contributed by atoms with E-state index in [1.54, 1.807) is 18.2 Å². The van der Waals surface area contributed by atoms with Crippen LogP contribution in [0.1, 0.15) is 49.9 Å². The zero-order valence-corrected chi connectivity index (χ0v) is 16.4. The second kappa shape index (κ2) is 8.42. The second-order valence-electron chi connectivity index (χ2n) is 7.42. The number of ether oxygens (including phenoxy) is 1. The van der Waals surface area contributed by atoms with Crippen LogP contribution in [0.2, 0.25) is 0 Å². The molecule has 2 aromatic rings. The number of benzene rings is 1. The second-order valence-corrected chi connectivity index (χ2v) is 7.42. The molecule has 2 amide bonds. The molecule has 1 heterocycles. The largest absolute Gasteiger partial charge is 0.497 e. The van der Waals surface area contributed by atoms with Crippen LogP contribution in [0.4, 0.5) is 4.79 Å². The summed E-state index contributed by atoms with van der Waals surface area (Å²) in [6.45, 7) is 2.65. The molecule has 1 fully saturated rings. The smallest absolute Gasteiger partial charge is 0.317 e. The van der Waals surface area contributed by atoms with Crippen molar-refractivity contribution in [3.05, 3.63) is 59.9 Å². The molecule has 1 aromatic heterocycles. The monoisotopic (exact) mass is 367 g/mol. The average Bonchev–Trinajstić information content (AvgIpc) is 3.21. The van der Waals surface area contributed by atoms with Gasteiger partial charge in [0.05, 0.1) is 18.8 Å². The number of aromatic nitrogens is 1. The van der Waals surface area contributed by atoms with Crippen molar-refractivity contribution in [2.45, 2.75) is 44.1 Å². The molecule has 0 unspecified atom stereocenters. The minimum atomic E-state index is -0.0771. The molecule has 0 saturated heterocycles. The van der Waals surface area contributed by atoms with Gasteiger partial charge in [-0.1, -0.05) is 31.0 Å². The van der Waals surface area contributed by atoms with Gasteiger partial charge in [0.25, 0.3) is 0 Å². The van der Waals surface area contributed by atoms with Crippen LogP contribution in [0.15, 0.2) is 48.7 Å². The van der Waals surface area contributed by atoms with Gasteiger partial charge in [-0.2, -0.15) is 0 Å². The van der Waals surface area contributed by atoms with Crippen molar-refractivity contribution in [3.63, 3.8) is 0 Å².